The summed E-state index contributed by atoms with van der Waals surface area (Å²) < 4.78 is 0. The fraction of sp³-hybridized carbons (Fsp3) is 0.333. The van der Waals surface area contributed by atoms with E-state index in [0.717, 1.165) is 11.3 Å². The molecule has 0 aliphatic rings. The van der Waals surface area contributed by atoms with Crippen LogP contribution in [0.1, 0.15) is 18.9 Å². The van der Waals surface area contributed by atoms with Gasteiger partial charge >= 0.3 is 0 Å². The first-order chi connectivity index (χ1) is 9.08. The third-order valence-electron chi connectivity index (χ3n) is 2.69. The molecule has 102 valence electrons. The standard InChI is InChI=1S/C15H20N2O2/c1-4-9-16-14(18)11-15(19)17(5-2)13-8-6-7-12(3)10-13/h4,6-8,10H,1,5,9,11H2,2-3H3,(H,16,18). The molecule has 0 aliphatic heterocycles. The van der Waals surface area contributed by atoms with Crippen molar-refractivity contribution in [2.24, 2.45) is 0 Å². The van der Waals surface area contributed by atoms with Crippen molar-refractivity contribution < 1.29 is 9.59 Å². The Balaban J connectivity index is 2.72. The van der Waals surface area contributed by atoms with Gasteiger partial charge in [0, 0.05) is 18.8 Å². The van der Waals surface area contributed by atoms with Crippen LogP contribution >= 0.6 is 0 Å². The Morgan fingerprint density at radius 2 is 2.16 bits per heavy atom. The van der Waals surface area contributed by atoms with E-state index in [1.165, 1.54) is 0 Å². The summed E-state index contributed by atoms with van der Waals surface area (Å²) in [6, 6.07) is 7.68. The number of hydrogen-bond acceptors (Lipinski definition) is 2. The lowest BCUT2D eigenvalue weighted by molar-refractivity contribution is -0.127. The molecule has 0 atom stereocenters. The number of amides is 2. The lowest BCUT2D eigenvalue weighted by atomic mass is 10.2. The third-order valence-corrected chi connectivity index (χ3v) is 2.69. The van der Waals surface area contributed by atoms with Crippen LogP contribution in [-0.2, 0) is 9.59 Å². The Labute approximate surface area is 114 Å². The van der Waals surface area contributed by atoms with E-state index in [4.69, 9.17) is 0 Å². The van der Waals surface area contributed by atoms with Gasteiger partial charge in [-0.25, -0.2) is 0 Å². The topological polar surface area (TPSA) is 49.4 Å². The number of carbonyl (C=O) groups is 2. The van der Waals surface area contributed by atoms with Crippen LogP contribution in [0, 0.1) is 6.92 Å². The van der Waals surface area contributed by atoms with Crippen LogP contribution in [0.3, 0.4) is 0 Å². The van der Waals surface area contributed by atoms with E-state index in [1.54, 1.807) is 11.0 Å². The van der Waals surface area contributed by atoms with Gasteiger partial charge in [-0.15, -0.1) is 6.58 Å². The van der Waals surface area contributed by atoms with Crippen molar-refractivity contribution in [2.75, 3.05) is 18.0 Å². The Morgan fingerprint density at radius 3 is 2.74 bits per heavy atom. The van der Waals surface area contributed by atoms with E-state index in [0.29, 0.717) is 13.1 Å². The van der Waals surface area contributed by atoms with Gasteiger partial charge in [0.25, 0.3) is 0 Å². The van der Waals surface area contributed by atoms with Crippen molar-refractivity contribution in [3.8, 4) is 0 Å². The summed E-state index contributed by atoms with van der Waals surface area (Å²) in [4.78, 5) is 25.2. The van der Waals surface area contributed by atoms with Crippen molar-refractivity contribution in [2.45, 2.75) is 20.3 Å². The van der Waals surface area contributed by atoms with Crippen molar-refractivity contribution in [3.05, 3.63) is 42.5 Å². The smallest absolute Gasteiger partial charge is 0.236 e. The van der Waals surface area contributed by atoms with Gasteiger partial charge in [-0.3, -0.25) is 9.59 Å². The quantitative estimate of drug-likeness (QED) is 0.628. The number of carbonyl (C=O) groups excluding carboxylic acids is 2. The molecule has 0 aromatic heterocycles. The normalized spacial score (nSPS) is 9.79. The van der Waals surface area contributed by atoms with Crippen LogP contribution in [0.25, 0.3) is 0 Å². The van der Waals surface area contributed by atoms with Crippen molar-refractivity contribution in [1.29, 1.82) is 0 Å². The monoisotopic (exact) mass is 260 g/mol. The summed E-state index contributed by atoms with van der Waals surface area (Å²) in [6.45, 7) is 8.29. The number of nitrogens with zero attached hydrogens (tertiary/aromatic N) is 1. The highest BCUT2D eigenvalue weighted by molar-refractivity contribution is 6.05. The highest BCUT2D eigenvalue weighted by Gasteiger charge is 2.17. The van der Waals surface area contributed by atoms with Crippen molar-refractivity contribution in [3.63, 3.8) is 0 Å². The second kappa shape index (κ2) is 7.36. The Kier molecular flexibility index (Phi) is 5.79. The molecule has 0 bridgehead atoms. The molecule has 19 heavy (non-hydrogen) atoms. The average Bonchev–Trinajstić information content (AvgIpc) is 2.37. The molecule has 0 saturated carbocycles. The first-order valence-corrected chi connectivity index (χ1v) is 6.33. The Bertz CT molecular complexity index is 469. The number of hydrogen-bond donors (Lipinski definition) is 1. The summed E-state index contributed by atoms with van der Waals surface area (Å²) >= 11 is 0. The van der Waals surface area contributed by atoms with E-state index in [9.17, 15) is 9.59 Å². The van der Waals surface area contributed by atoms with E-state index in [-0.39, 0.29) is 18.2 Å². The minimum atomic E-state index is -0.281. The molecule has 0 aliphatic carbocycles. The number of nitrogens with one attached hydrogen (secondary N) is 1. The summed E-state index contributed by atoms with van der Waals surface area (Å²) in [6.07, 6.45) is 1.44. The minimum Gasteiger partial charge on any atom is -0.352 e. The van der Waals surface area contributed by atoms with Gasteiger partial charge in [-0.05, 0) is 31.5 Å². The first kappa shape index (κ1) is 15.0. The van der Waals surface area contributed by atoms with E-state index >= 15 is 0 Å². The van der Waals surface area contributed by atoms with Gasteiger partial charge in [-0.1, -0.05) is 18.2 Å². The highest BCUT2D eigenvalue weighted by Crippen LogP contribution is 2.16. The van der Waals surface area contributed by atoms with Crippen LogP contribution < -0.4 is 10.2 Å². The summed E-state index contributed by atoms with van der Waals surface area (Å²) in [5.74, 6) is -0.481. The van der Waals surface area contributed by atoms with Gasteiger partial charge in [-0.2, -0.15) is 0 Å². The summed E-state index contributed by atoms with van der Waals surface area (Å²) in [5, 5.41) is 2.60. The SMILES string of the molecule is C=CCNC(=O)CC(=O)N(CC)c1cccc(C)c1. The van der Waals surface area contributed by atoms with Gasteiger partial charge in [0.1, 0.15) is 6.42 Å². The molecule has 1 aromatic carbocycles. The molecule has 0 radical (unpaired) electrons. The van der Waals surface area contributed by atoms with Crippen molar-refractivity contribution in [1.82, 2.24) is 5.32 Å². The van der Waals surface area contributed by atoms with Gasteiger partial charge in [0.15, 0.2) is 0 Å². The van der Waals surface area contributed by atoms with Gasteiger partial charge in [0.05, 0.1) is 0 Å². The largest absolute Gasteiger partial charge is 0.352 e. The van der Waals surface area contributed by atoms with E-state index in [1.807, 2.05) is 38.1 Å². The van der Waals surface area contributed by atoms with Crippen LogP contribution in [0.5, 0.6) is 0 Å². The molecule has 0 saturated heterocycles. The molecule has 4 nitrogen and oxygen atoms in total. The van der Waals surface area contributed by atoms with Crippen LogP contribution in [-0.4, -0.2) is 24.9 Å². The molecule has 0 unspecified atom stereocenters. The molecule has 4 heteroatoms. The highest BCUT2D eigenvalue weighted by atomic mass is 16.2. The zero-order valence-electron chi connectivity index (χ0n) is 11.5. The zero-order valence-corrected chi connectivity index (χ0v) is 11.5. The predicted molar refractivity (Wildman–Crippen MR) is 77.0 cm³/mol. The lowest BCUT2D eigenvalue weighted by Gasteiger charge is -2.21. The van der Waals surface area contributed by atoms with Crippen LogP contribution in [0.2, 0.25) is 0 Å². The summed E-state index contributed by atoms with van der Waals surface area (Å²) in [5.41, 5.74) is 1.91. The lowest BCUT2D eigenvalue weighted by Crippen LogP contribution is -2.35. The average molecular weight is 260 g/mol. The maximum atomic E-state index is 12.1. The molecular weight excluding hydrogens is 240 g/mol. The van der Waals surface area contributed by atoms with Crippen molar-refractivity contribution >= 4 is 17.5 Å². The molecule has 0 fully saturated rings. The molecule has 2 amide bonds. The van der Waals surface area contributed by atoms with Gasteiger partial charge in [0.2, 0.25) is 11.8 Å². The maximum absolute atomic E-state index is 12.1. The second-order valence-electron chi connectivity index (χ2n) is 4.25. The number of aryl methyl sites for hydroxylation is 1. The van der Waals surface area contributed by atoms with E-state index < -0.39 is 0 Å². The fourth-order valence-corrected chi connectivity index (χ4v) is 1.78. The first-order valence-electron chi connectivity index (χ1n) is 6.33. The third kappa shape index (κ3) is 4.58. The molecule has 1 N–H and O–H groups in total. The number of benzene rings is 1. The molecule has 1 rings (SSSR count). The minimum absolute atomic E-state index is 0.143. The molecule has 0 heterocycles. The Morgan fingerprint density at radius 1 is 1.42 bits per heavy atom. The molecule has 0 spiro atoms. The maximum Gasteiger partial charge on any atom is 0.236 e. The number of anilines is 1. The molecule has 1 aromatic rings. The summed E-state index contributed by atoms with van der Waals surface area (Å²) in [7, 11) is 0. The second-order valence-corrected chi connectivity index (χ2v) is 4.25. The van der Waals surface area contributed by atoms with Crippen LogP contribution in [0.4, 0.5) is 5.69 Å². The Hall–Kier alpha value is -2.10. The van der Waals surface area contributed by atoms with E-state index in [2.05, 4.69) is 11.9 Å². The predicted octanol–water partition coefficient (Wildman–Crippen LogP) is 2.04. The van der Waals surface area contributed by atoms with Crippen LogP contribution in [0.15, 0.2) is 36.9 Å². The molecular formula is C15H20N2O2. The zero-order chi connectivity index (χ0) is 14.3. The van der Waals surface area contributed by atoms with Gasteiger partial charge < -0.3 is 10.2 Å². The fourth-order valence-electron chi connectivity index (χ4n) is 1.78. The number of rotatable bonds is 6.